The summed E-state index contributed by atoms with van der Waals surface area (Å²) in [7, 11) is -1.45. The zero-order valence-electron chi connectivity index (χ0n) is 10.8. The largest absolute Gasteiger partial charge is 0.383 e. The molecule has 7 heteroatoms. The summed E-state index contributed by atoms with van der Waals surface area (Å²) in [6.45, 7) is 1.93. The molecule has 0 aromatic carbocycles. The van der Waals surface area contributed by atoms with E-state index in [1.165, 1.54) is 0 Å². The van der Waals surface area contributed by atoms with Crippen LogP contribution in [0.1, 0.15) is 25.7 Å². The van der Waals surface area contributed by atoms with Crippen LogP contribution in [0, 0.1) is 5.92 Å². The Morgan fingerprint density at radius 2 is 2.17 bits per heavy atom. The molecule has 0 amide bonds. The first-order valence-electron chi connectivity index (χ1n) is 6.27. The lowest BCUT2D eigenvalue weighted by Crippen LogP contribution is -2.53. The van der Waals surface area contributed by atoms with Gasteiger partial charge in [-0.25, -0.2) is 13.1 Å². The van der Waals surface area contributed by atoms with E-state index >= 15 is 0 Å². The smallest absolute Gasteiger partial charge is 0.211 e. The molecule has 2 fully saturated rings. The number of nitrogens with one attached hydrogen (secondary N) is 2. The maximum Gasteiger partial charge on any atom is 0.211 e. The Morgan fingerprint density at radius 3 is 2.67 bits per heavy atom. The van der Waals surface area contributed by atoms with Gasteiger partial charge in [0, 0.05) is 13.7 Å². The van der Waals surface area contributed by atoms with Crippen molar-refractivity contribution in [3.8, 4) is 0 Å². The fraction of sp³-hybridized carbons (Fsp3) is 1.00. The van der Waals surface area contributed by atoms with Crippen molar-refractivity contribution in [2.24, 2.45) is 5.92 Å². The van der Waals surface area contributed by atoms with Crippen LogP contribution in [-0.4, -0.2) is 46.5 Å². The molecule has 108 valence electrons. The van der Waals surface area contributed by atoms with E-state index < -0.39 is 10.0 Å². The molecular formula is C11H23ClN2O3S. The fourth-order valence-electron chi connectivity index (χ4n) is 2.37. The second kappa shape index (κ2) is 6.52. The minimum absolute atomic E-state index is 0. The quantitative estimate of drug-likeness (QED) is 0.718. The van der Waals surface area contributed by atoms with Gasteiger partial charge in [0.1, 0.15) is 0 Å². The summed E-state index contributed by atoms with van der Waals surface area (Å²) in [5.41, 5.74) is -0.203. The maximum atomic E-state index is 11.8. The third-order valence-electron chi connectivity index (χ3n) is 3.54. The molecule has 0 aromatic rings. The highest BCUT2D eigenvalue weighted by Gasteiger charge is 2.35. The summed E-state index contributed by atoms with van der Waals surface area (Å²) >= 11 is 0. The first-order chi connectivity index (χ1) is 8.05. The number of halogens is 1. The lowest BCUT2D eigenvalue weighted by molar-refractivity contribution is 0.122. The lowest BCUT2D eigenvalue weighted by Gasteiger charge is -2.28. The lowest BCUT2D eigenvalue weighted by atomic mass is 9.99. The van der Waals surface area contributed by atoms with Crippen LogP contribution in [-0.2, 0) is 14.8 Å². The summed E-state index contributed by atoms with van der Waals surface area (Å²) in [6.07, 6.45) is 4.16. The highest BCUT2D eigenvalue weighted by Crippen LogP contribution is 2.30. The minimum Gasteiger partial charge on any atom is -0.383 e. The molecule has 1 heterocycles. The average Bonchev–Trinajstić information content (AvgIpc) is 2.94. The molecule has 2 rings (SSSR count). The Balaban J connectivity index is 0.00000162. The zero-order chi connectivity index (χ0) is 12.4. The van der Waals surface area contributed by atoms with Crippen LogP contribution in [0.3, 0.4) is 0 Å². The molecule has 0 aromatic heterocycles. The molecule has 1 atom stereocenters. The Labute approximate surface area is 116 Å². The summed E-state index contributed by atoms with van der Waals surface area (Å²) in [6, 6.07) is 0. The zero-order valence-corrected chi connectivity index (χ0v) is 12.4. The standard InChI is InChI=1S/C11H22N2O3S.ClH/c1-16-9-11(5-2-6-12-11)8-13-17(14,15)7-10-3-4-10;/h10,12-13H,2-9H2,1H3;1H. The number of sulfonamides is 1. The second-order valence-electron chi connectivity index (χ2n) is 5.29. The van der Waals surface area contributed by atoms with Crippen molar-refractivity contribution in [3.63, 3.8) is 0 Å². The van der Waals surface area contributed by atoms with Gasteiger partial charge in [-0.2, -0.15) is 0 Å². The van der Waals surface area contributed by atoms with Gasteiger partial charge in [0.25, 0.3) is 0 Å². The van der Waals surface area contributed by atoms with Gasteiger partial charge >= 0.3 is 0 Å². The molecule has 1 saturated heterocycles. The van der Waals surface area contributed by atoms with Gasteiger partial charge in [0.15, 0.2) is 0 Å². The molecule has 1 saturated carbocycles. The van der Waals surface area contributed by atoms with Crippen LogP contribution in [0.15, 0.2) is 0 Å². The molecule has 1 aliphatic carbocycles. The monoisotopic (exact) mass is 298 g/mol. The molecule has 1 unspecified atom stereocenters. The normalized spacial score (nSPS) is 28.1. The molecular weight excluding hydrogens is 276 g/mol. The molecule has 2 aliphatic rings. The number of rotatable bonds is 7. The van der Waals surface area contributed by atoms with E-state index in [1.807, 2.05) is 0 Å². The summed E-state index contributed by atoms with van der Waals surface area (Å²) in [5, 5.41) is 3.36. The van der Waals surface area contributed by atoms with Crippen molar-refractivity contribution in [2.45, 2.75) is 31.2 Å². The Bertz CT molecular complexity index is 351. The van der Waals surface area contributed by atoms with E-state index in [0.717, 1.165) is 32.2 Å². The Kier molecular flexibility index (Phi) is 5.86. The third-order valence-corrected chi connectivity index (χ3v) is 5.03. The SMILES string of the molecule is COCC1(CNS(=O)(=O)CC2CC2)CCCN1.Cl. The van der Waals surface area contributed by atoms with Gasteiger partial charge < -0.3 is 10.1 Å². The van der Waals surface area contributed by atoms with Crippen LogP contribution in [0.25, 0.3) is 0 Å². The summed E-state index contributed by atoms with van der Waals surface area (Å²) in [4.78, 5) is 0. The van der Waals surface area contributed by atoms with Crippen molar-refractivity contribution in [1.29, 1.82) is 0 Å². The molecule has 18 heavy (non-hydrogen) atoms. The fourth-order valence-corrected chi connectivity index (χ4v) is 3.94. The molecule has 0 bridgehead atoms. The van der Waals surface area contributed by atoms with Crippen molar-refractivity contribution in [3.05, 3.63) is 0 Å². The van der Waals surface area contributed by atoms with Crippen LogP contribution < -0.4 is 10.0 Å². The molecule has 1 aliphatic heterocycles. The first kappa shape index (κ1) is 16.2. The highest BCUT2D eigenvalue weighted by atomic mass is 35.5. The van der Waals surface area contributed by atoms with Gasteiger partial charge in [0.05, 0.1) is 17.9 Å². The topological polar surface area (TPSA) is 67.4 Å². The Hall–Kier alpha value is 0.120. The third kappa shape index (κ3) is 4.66. The number of ether oxygens (including phenoxy) is 1. The van der Waals surface area contributed by atoms with E-state index in [0.29, 0.717) is 19.1 Å². The van der Waals surface area contributed by atoms with E-state index in [4.69, 9.17) is 4.74 Å². The maximum absolute atomic E-state index is 11.8. The second-order valence-corrected chi connectivity index (χ2v) is 7.14. The van der Waals surface area contributed by atoms with Crippen molar-refractivity contribution in [1.82, 2.24) is 10.0 Å². The predicted octanol–water partition coefficient (Wildman–Crippen LogP) is 0.506. The highest BCUT2D eigenvalue weighted by molar-refractivity contribution is 7.89. The molecule has 2 N–H and O–H groups in total. The van der Waals surface area contributed by atoms with E-state index in [9.17, 15) is 8.42 Å². The van der Waals surface area contributed by atoms with E-state index in [1.54, 1.807) is 7.11 Å². The number of methoxy groups -OCH3 is 1. The predicted molar refractivity (Wildman–Crippen MR) is 73.6 cm³/mol. The van der Waals surface area contributed by atoms with Crippen molar-refractivity contribution in [2.75, 3.05) is 32.6 Å². The summed E-state index contributed by atoms with van der Waals surface area (Å²) < 4.78 is 31.5. The summed E-state index contributed by atoms with van der Waals surface area (Å²) in [5.74, 6) is 0.679. The Morgan fingerprint density at radius 1 is 1.44 bits per heavy atom. The van der Waals surface area contributed by atoms with Gasteiger partial charge in [-0.3, -0.25) is 0 Å². The van der Waals surface area contributed by atoms with E-state index in [-0.39, 0.29) is 23.7 Å². The number of hydrogen-bond donors (Lipinski definition) is 2. The van der Waals surface area contributed by atoms with Gasteiger partial charge in [-0.05, 0) is 38.1 Å². The van der Waals surface area contributed by atoms with Gasteiger partial charge in [-0.15, -0.1) is 12.4 Å². The molecule has 0 spiro atoms. The van der Waals surface area contributed by atoms with Crippen LogP contribution >= 0.6 is 12.4 Å². The first-order valence-corrected chi connectivity index (χ1v) is 7.92. The number of hydrogen-bond acceptors (Lipinski definition) is 4. The average molecular weight is 299 g/mol. The minimum atomic E-state index is -3.11. The molecule has 5 nitrogen and oxygen atoms in total. The van der Waals surface area contributed by atoms with Gasteiger partial charge in [-0.1, -0.05) is 0 Å². The van der Waals surface area contributed by atoms with Crippen LogP contribution in [0.4, 0.5) is 0 Å². The van der Waals surface area contributed by atoms with E-state index in [2.05, 4.69) is 10.0 Å². The van der Waals surface area contributed by atoms with Crippen molar-refractivity contribution >= 4 is 22.4 Å². The van der Waals surface area contributed by atoms with Gasteiger partial charge in [0.2, 0.25) is 10.0 Å². The van der Waals surface area contributed by atoms with Crippen LogP contribution in [0.5, 0.6) is 0 Å². The van der Waals surface area contributed by atoms with Crippen LogP contribution in [0.2, 0.25) is 0 Å². The van der Waals surface area contributed by atoms with Crippen molar-refractivity contribution < 1.29 is 13.2 Å². The molecule has 0 radical (unpaired) electrons.